The van der Waals surface area contributed by atoms with E-state index in [0.717, 1.165) is 35.1 Å². The minimum atomic E-state index is -0.502. The number of nitrogens with one attached hydrogen (secondary N) is 2. The smallest absolute Gasteiger partial charge is 0.346 e. The molecule has 0 bridgehead atoms. The van der Waals surface area contributed by atoms with Crippen LogP contribution in [0, 0.1) is 20.8 Å². The summed E-state index contributed by atoms with van der Waals surface area (Å²) in [5.41, 5.74) is 4.47. The van der Waals surface area contributed by atoms with Gasteiger partial charge in [0.15, 0.2) is 0 Å². The molecule has 2 aromatic rings. The average molecular weight is 297 g/mol. The number of hydrogen-bond donors (Lipinski definition) is 2. The molecule has 1 fully saturated rings. The molecule has 22 heavy (non-hydrogen) atoms. The highest BCUT2D eigenvalue weighted by molar-refractivity contribution is 5.93. The van der Waals surface area contributed by atoms with Gasteiger partial charge >= 0.3 is 5.69 Å². The molecule has 0 aliphatic heterocycles. The fraction of sp³-hybridized carbons (Fsp3) is 0.353. The first-order valence-corrected chi connectivity index (χ1v) is 7.44. The fourth-order valence-corrected chi connectivity index (χ4v) is 2.78. The van der Waals surface area contributed by atoms with Gasteiger partial charge in [-0.1, -0.05) is 17.7 Å². The second-order valence-electron chi connectivity index (χ2n) is 6.01. The van der Waals surface area contributed by atoms with Crippen molar-refractivity contribution in [2.24, 2.45) is 0 Å². The SMILES string of the molecule is Cc1cc(C)c(-c2cc(C(=O)NC3CC3)[nH]c(=O)n2)c(C)c1. The van der Waals surface area contributed by atoms with Crippen molar-refractivity contribution in [1.29, 1.82) is 0 Å². The van der Waals surface area contributed by atoms with E-state index >= 15 is 0 Å². The number of carbonyl (C=O) groups excluding carboxylic acids is 1. The molecule has 1 aliphatic rings. The maximum atomic E-state index is 12.1. The zero-order valence-corrected chi connectivity index (χ0v) is 13.0. The number of aromatic amines is 1. The van der Waals surface area contributed by atoms with Crippen molar-refractivity contribution in [3.8, 4) is 11.3 Å². The molecule has 5 heteroatoms. The van der Waals surface area contributed by atoms with Gasteiger partial charge in [-0.15, -0.1) is 0 Å². The topological polar surface area (TPSA) is 74.8 Å². The Hall–Kier alpha value is -2.43. The summed E-state index contributed by atoms with van der Waals surface area (Å²) in [5, 5.41) is 2.88. The normalized spacial score (nSPS) is 14.0. The molecule has 0 unspecified atom stereocenters. The van der Waals surface area contributed by atoms with E-state index in [-0.39, 0.29) is 17.6 Å². The molecule has 1 aliphatic carbocycles. The van der Waals surface area contributed by atoms with Gasteiger partial charge in [0.05, 0.1) is 5.69 Å². The first-order chi connectivity index (χ1) is 10.4. The fourth-order valence-electron chi connectivity index (χ4n) is 2.78. The lowest BCUT2D eigenvalue weighted by Gasteiger charge is -2.11. The van der Waals surface area contributed by atoms with Gasteiger partial charge in [0.1, 0.15) is 5.69 Å². The van der Waals surface area contributed by atoms with Gasteiger partial charge in [0, 0.05) is 11.6 Å². The van der Waals surface area contributed by atoms with E-state index in [4.69, 9.17) is 0 Å². The summed E-state index contributed by atoms with van der Waals surface area (Å²) in [5.74, 6) is -0.245. The predicted molar refractivity (Wildman–Crippen MR) is 85.0 cm³/mol. The van der Waals surface area contributed by atoms with E-state index in [1.165, 1.54) is 0 Å². The molecule has 0 saturated heterocycles. The van der Waals surface area contributed by atoms with Crippen molar-refractivity contribution in [3.63, 3.8) is 0 Å². The van der Waals surface area contributed by atoms with Crippen LogP contribution in [-0.2, 0) is 0 Å². The molecule has 0 atom stereocenters. The van der Waals surface area contributed by atoms with Crippen LogP contribution in [0.1, 0.15) is 40.0 Å². The number of nitrogens with zero attached hydrogens (tertiary/aromatic N) is 1. The Morgan fingerprint density at radius 3 is 2.41 bits per heavy atom. The number of benzene rings is 1. The lowest BCUT2D eigenvalue weighted by atomic mass is 9.97. The van der Waals surface area contributed by atoms with E-state index in [1.54, 1.807) is 6.07 Å². The Morgan fingerprint density at radius 2 is 1.82 bits per heavy atom. The second kappa shape index (κ2) is 5.40. The Bertz CT molecular complexity index is 781. The van der Waals surface area contributed by atoms with Crippen LogP contribution in [-0.4, -0.2) is 21.9 Å². The number of aryl methyl sites for hydroxylation is 3. The van der Waals surface area contributed by atoms with Gasteiger partial charge < -0.3 is 10.3 Å². The highest BCUT2D eigenvalue weighted by Crippen LogP contribution is 2.26. The average Bonchev–Trinajstić information content (AvgIpc) is 3.20. The van der Waals surface area contributed by atoms with E-state index in [2.05, 4.69) is 27.4 Å². The zero-order chi connectivity index (χ0) is 15.9. The number of aromatic nitrogens is 2. The van der Waals surface area contributed by atoms with Crippen LogP contribution in [0.15, 0.2) is 23.0 Å². The molecule has 0 spiro atoms. The molecular formula is C17H19N3O2. The standard InChI is InChI=1S/C17H19N3O2/c1-9-6-10(2)15(11(3)7-9)13-8-14(20-17(22)19-13)16(21)18-12-4-5-12/h6-8,12H,4-5H2,1-3H3,(H,18,21)(H,19,20,22). The third-order valence-corrected chi connectivity index (χ3v) is 3.84. The number of rotatable bonds is 3. The monoisotopic (exact) mass is 297 g/mol. The molecule has 1 aromatic carbocycles. The third-order valence-electron chi connectivity index (χ3n) is 3.84. The quantitative estimate of drug-likeness (QED) is 0.912. The zero-order valence-electron chi connectivity index (χ0n) is 13.0. The summed E-state index contributed by atoms with van der Waals surface area (Å²) in [4.78, 5) is 30.5. The van der Waals surface area contributed by atoms with E-state index in [9.17, 15) is 9.59 Å². The van der Waals surface area contributed by atoms with Gasteiger partial charge in [-0.05, 0) is 50.8 Å². The molecule has 0 radical (unpaired) electrons. The van der Waals surface area contributed by atoms with Crippen LogP contribution in [0.25, 0.3) is 11.3 Å². The maximum Gasteiger partial charge on any atom is 0.346 e. The number of carbonyl (C=O) groups is 1. The van der Waals surface area contributed by atoms with Crippen LogP contribution in [0.5, 0.6) is 0 Å². The van der Waals surface area contributed by atoms with E-state index < -0.39 is 5.69 Å². The van der Waals surface area contributed by atoms with E-state index in [0.29, 0.717) is 5.69 Å². The van der Waals surface area contributed by atoms with Crippen LogP contribution in [0.3, 0.4) is 0 Å². The first kappa shape index (κ1) is 14.5. The van der Waals surface area contributed by atoms with Crippen molar-refractivity contribution in [3.05, 3.63) is 51.1 Å². The van der Waals surface area contributed by atoms with Crippen LogP contribution >= 0.6 is 0 Å². The Kier molecular flexibility index (Phi) is 3.56. The summed E-state index contributed by atoms with van der Waals surface area (Å²) in [7, 11) is 0. The van der Waals surface area contributed by atoms with Crippen molar-refractivity contribution < 1.29 is 4.79 Å². The molecule has 5 nitrogen and oxygen atoms in total. The van der Waals surface area contributed by atoms with Gasteiger partial charge in [-0.25, -0.2) is 4.79 Å². The van der Waals surface area contributed by atoms with Crippen molar-refractivity contribution >= 4 is 5.91 Å². The van der Waals surface area contributed by atoms with Gasteiger partial charge in [-0.2, -0.15) is 4.98 Å². The lowest BCUT2D eigenvalue weighted by Crippen LogP contribution is -2.29. The van der Waals surface area contributed by atoms with Gasteiger partial charge in [0.25, 0.3) is 5.91 Å². The maximum absolute atomic E-state index is 12.1. The third kappa shape index (κ3) is 2.93. The Balaban J connectivity index is 2.06. The summed E-state index contributed by atoms with van der Waals surface area (Å²) in [6.45, 7) is 6.01. The highest BCUT2D eigenvalue weighted by atomic mass is 16.2. The number of hydrogen-bond acceptors (Lipinski definition) is 3. The molecule has 1 amide bonds. The summed E-state index contributed by atoms with van der Waals surface area (Å²) in [6.07, 6.45) is 2.01. The molecule has 3 rings (SSSR count). The van der Waals surface area contributed by atoms with Crippen molar-refractivity contribution in [2.45, 2.75) is 39.7 Å². The molecular weight excluding hydrogens is 278 g/mol. The Labute approximate surface area is 128 Å². The minimum Gasteiger partial charge on any atom is -0.348 e. The molecule has 2 N–H and O–H groups in total. The van der Waals surface area contributed by atoms with Gasteiger partial charge in [-0.3, -0.25) is 4.79 Å². The minimum absolute atomic E-state index is 0.245. The molecule has 114 valence electrons. The largest absolute Gasteiger partial charge is 0.348 e. The van der Waals surface area contributed by atoms with Crippen molar-refractivity contribution in [1.82, 2.24) is 15.3 Å². The number of amides is 1. The summed E-state index contributed by atoms with van der Waals surface area (Å²) in [6, 6.07) is 6.00. The van der Waals surface area contributed by atoms with Gasteiger partial charge in [0.2, 0.25) is 0 Å². The second-order valence-corrected chi connectivity index (χ2v) is 6.01. The number of H-pyrrole nitrogens is 1. The van der Waals surface area contributed by atoms with Crippen LogP contribution in [0.4, 0.5) is 0 Å². The highest BCUT2D eigenvalue weighted by Gasteiger charge is 2.24. The Morgan fingerprint density at radius 1 is 1.18 bits per heavy atom. The predicted octanol–water partition coefficient (Wildman–Crippen LogP) is 2.25. The molecule has 1 saturated carbocycles. The van der Waals surface area contributed by atoms with E-state index in [1.807, 2.05) is 20.8 Å². The molecule has 1 heterocycles. The summed E-state index contributed by atoms with van der Waals surface area (Å²) >= 11 is 0. The first-order valence-electron chi connectivity index (χ1n) is 7.44. The van der Waals surface area contributed by atoms with Crippen LogP contribution in [0.2, 0.25) is 0 Å². The summed E-state index contributed by atoms with van der Waals surface area (Å²) < 4.78 is 0. The molecule has 1 aromatic heterocycles. The van der Waals surface area contributed by atoms with Crippen molar-refractivity contribution in [2.75, 3.05) is 0 Å². The van der Waals surface area contributed by atoms with Crippen LogP contribution < -0.4 is 11.0 Å². The lowest BCUT2D eigenvalue weighted by molar-refractivity contribution is 0.0945.